The van der Waals surface area contributed by atoms with Crippen molar-refractivity contribution in [2.24, 2.45) is 0 Å². The van der Waals surface area contributed by atoms with Gasteiger partial charge in [-0.15, -0.1) is 0 Å². The topological polar surface area (TPSA) is 93.6 Å². The van der Waals surface area contributed by atoms with Gasteiger partial charge in [-0.25, -0.2) is 13.8 Å². The minimum absolute atomic E-state index is 0.110. The summed E-state index contributed by atoms with van der Waals surface area (Å²) in [7, 11) is 0. The van der Waals surface area contributed by atoms with Crippen molar-refractivity contribution in [1.29, 1.82) is 5.26 Å². The minimum atomic E-state index is -2.91. The smallest absolute Gasteiger partial charge is 0.283 e. The second kappa shape index (κ2) is 8.06. The first kappa shape index (κ1) is 23.0. The van der Waals surface area contributed by atoms with Crippen molar-refractivity contribution < 1.29 is 13.9 Å². The molecule has 1 N–H and O–H groups in total. The quantitative estimate of drug-likeness (QED) is 0.445. The zero-order valence-electron chi connectivity index (χ0n) is 19.6. The van der Waals surface area contributed by atoms with Gasteiger partial charge in [0.15, 0.2) is 5.65 Å². The van der Waals surface area contributed by atoms with Crippen molar-refractivity contribution in [3.05, 3.63) is 52.4 Å². The molecule has 2 aliphatic heterocycles. The molecule has 0 bridgehead atoms. The lowest BCUT2D eigenvalue weighted by molar-refractivity contribution is -0.0713. The highest BCUT2D eigenvalue weighted by Gasteiger charge is 2.49. The lowest BCUT2D eigenvalue weighted by Crippen LogP contribution is -2.74. The lowest BCUT2D eigenvalue weighted by Gasteiger charge is -2.59. The Bertz CT molecular complexity index is 1570. The van der Waals surface area contributed by atoms with Crippen LogP contribution in [0.25, 0.3) is 27.7 Å². The number of hydrogen-bond donors (Lipinski definition) is 1. The Morgan fingerprint density at radius 1 is 1.25 bits per heavy atom. The van der Waals surface area contributed by atoms with Gasteiger partial charge in [0.05, 0.1) is 22.9 Å². The Morgan fingerprint density at radius 2 is 2.00 bits per heavy atom. The molecular formula is C25H22ClF2N7O. The fraction of sp³-hybridized carbons (Fsp3) is 0.360. The Balaban J connectivity index is 1.59. The summed E-state index contributed by atoms with van der Waals surface area (Å²) >= 11 is 6.20. The summed E-state index contributed by atoms with van der Waals surface area (Å²) in [5.41, 5.74) is 1.97. The van der Waals surface area contributed by atoms with Crippen molar-refractivity contribution in [2.75, 3.05) is 31.1 Å². The molecule has 2 fully saturated rings. The molecule has 0 aliphatic carbocycles. The molecule has 3 aromatic heterocycles. The summed E-state index contributed by atoms with van der Waals surface area (Å²) < 4.78 is 29.1. The molecule has 6 rings (SSSR count). The summed E-state index contributed by atoms with van der Waals surface area (Å²) in [6.07, 6.45) is -1.56. The predicted octanol–water partition coefficient (Wildman–Crippen LogP) is 3.97. The number of rotatable bonds is 4. The molecule has 5 heterocycles. The van der Waals surface area contributed by atoms with Crippen LogP contribution in [-0.2, 0) is 0 Å². The average molecular weight is 510 g/mol. The molecule has 2 aliphatic rings. The van der Waals surface area contributed by atoms with Gasteiger partial charge in [-0.2, -0.15) is 14.9 Å². The number of aliphatic hydroxyl groups is 1. The molecule has 8 nitrogen and oxygen atoms in total. The third-order valence-electron chi connectivity index (χ3n) is 7.23. The van der Waals surface area contributed by atoms with Crippen molar-refractivity contribution in [2.45, 2.75) is 31.9 Å². The van der Waals surface area contributed by atoms with Crippen LogP contribution in [0.2, 0.25) is 5.02 Å². The SMILES string of the molecule is Cc1nc2c(C#N)c(C(F)F)nn2c(N2CC(C)(N3CC(O)C3)C2)c1-c1ccnc2cc(Cl)ccc12. The number of β-amino-alcohol motifs (C(OH)–C–C–N with tert-alkyl or cyclic N) is 1. The van der Waals surface area contributed by atoms with E-state index in [2.05, 4.69) is 31.8 Å². The molecule has 0 unspecified atom stereocenters. The molecule has 0 spiro atoms. The Labute approximate surface area is 210 Å². The van der Waals surface area contributed by atoms with E-state index in [0.717, 1.165) is 16.5 Å². The fourth-order valence-corrected chi connectivity index (χ4v) is 5.55. The first-order valence-electron chi connectivity index (χ1n) is 11.5. The molecule has 0 atom stereocenters. The number of aryl methyl sites for hydroxylation is 1. The highest BCUT2D eigenvalue weighted by atomic mass is 35.5. The number of anilines is 1. The van der Waals surface area contributed by atoms with Gasteiger partial charge in [0, 0.05) is 48.3 Å². The molecule has 36 heavy (non-hydrogen) atoms. The molecule has 184 valence electrons. The summed E-state index contributed by atoms with van der Waals surface area (Å²) in [5, 5.41) is 25.1. The van der Waals surface area contributed by atoms with E-state index in [1.165, 1.54) is 4.52 Å². The van der Waals surface area contributed by atoms with Gasteiger partial charge in [0.2, 0.25) is 0 Å². The van der Waals surface area contributed by atoms with Crippen LogP contribution in [0.15, 0.2) is 30.5 Å². The number of alkyl halides is 2. The zero-order valence-corrected chi connectivity index (χ0v) is 20.3. The number of nitriles is 1. The maximum absolute atomic E-state index is 13.9. The van der Waals surface area contributed by atoms with E-state index in [1.54, 1.807) is 18.3 Å². The second-order valence-corrected chi connectivity index (χ2v) is 10.2. The molecule has 0 radical (unpaired) electrons. The Kier molecular flexibility index (Phi) is 5.16. The van der Waals surface area contributed by atoms with Gasteiger partial charge in [-0.1, -0.05) is 17.7 Å². The van der Waals surface area contributed by atoms with E-state index >= 15 is 0 Å². The summed E-state index contributed by atoms with van der Waals surface area (Å²) in [5.74, 6) is 0.599. The highest BCUT2D eigenvalue weighted by molar-refractivity contribution is 6.31. The van der Waals surface area contributed by atoms with E-state index in [1.807, 2.05) is 25.1 Å². The summed E-state index contributed by atoms with van der Waals surface area (Å²) in [6, 6.07) is 9.17. The van der Waals surface area contributed by atoms with Gasteiger partial charge in [0.1, 0.15) is 23.1 Å². The van der Waals surface area contributed by atoms with Crippen LogP contribution in [0.4, 0.5) is 14.6 Å². The second-order valence-electron chi connectivity index (χ2n) is 9.74. The van der Waals surface area contributed by atoms with Crippen LogP contribution in [-0.4, -0.2) is 67.4 Å². The van der Waals surface area contributed by atoms with Gasteiger partial charge in [-0.3, -0.25) is 9.88 Å². The normalized spacial score (nSPS) is 18.0. The third kappa shape index (κ3) is 3.34. The molecule has 1 aromatic carbocycles. The zero-order chi connectivity index (χ0) is 25.4. The number of aromatic nitrogens is 4. The molecular weight excluding hydrogens is 488 g/mol. The standard InChI is InChI=1S/C25H22ClF2N7O/c1-13-20(17-5-6-30-19-7-14(26)3-4-16(17)19)24(33-11-25(2,12-33)34-9-15(36)10-34)35-23(31-13)18(8-29)21(32-35)22(27)28/h3-7,15,22,36H,9-12H2,1-2H3. The van der Waals surface area contributed by atoms with Crippen molar-refractivity contribution in [3.8, 4) is 17.2 Å². The number of halogens is 3. The number of nitrogens with zero attached hydrogens (tertiary/aromatic N) is 7. The largest absolute Gasteiger partial charge is 0.390 e. The summed E-state index contributed by atoms with van der Waals surface area (Å²) in [4.78, 5) is 13.3. The number of aliphatic hydroxyl groups excluding tert-OH is 1. The predicted molar refractivity (Wildman–Crippen MR) is 131 cm³/mol. The first-order chi connectivity index (χ1) is 17.2. The number of hydrogen-bond acceptors (Lipinski definition) is 7. The number of pyridine rings is 1. The Morgan fingerprint density at radius 3 is 2.67 bits per heavy atom. The van der Waals surface area contributed by atoms with E-state index in [9.17, 15) is 19.1 Å². The maximum Gasteiger partial charge on any atom is 0.283 e. The van der Waals surface area contributed by atoms with Crippen LogP contribution < -0.4 is 4.90 Å². The maximum atomic E-state index is 13.9. The van der Waals surface area contributed by atoms with Crippen molar-refractivity contribution in [1.82, 2.24) is 24.5 Å². The van der Waals surface area contributed by atoms with Crippen molar-refractivity contribution in [3.63, 3.8) is 0 Å². The van der Waals surface area contributed by atoms with Crippen LogP contribution in [0.5, 0.6) is 0 Å². The van der Waals surface area contributed by atoms with E-state index in [0.29, 0.717) is 48.2 Å². The highest BCUT2D eigenvalue weighted by Crippen LogP contribution is 2.43. The number of fused-ring (bicyclic) bond motifs is 2. The van der Waals surface area contributed by atoms with Gasteiger partial charge in [0.25, 0.3) is 6.43 Å². The van der Waals surface area contributed by atoms with Crippen molar-refractivity contribution >= 4 is 34.0 Å². The summed E-state index contributed by atoms with van der Waals surface area (Å²) in [6.45, 7) is 6.35. The number of likely N-dealkylation sites (tertiary alicyclic amines) is 1. The Hall–Kier alpha value is -3.39. The monoisotopic (exact) mass is 509 g/mol. The molecule has 0 amide bonds. The fourth-order valence-electron chi connectivity index (χ4n) is 5.39. The minimum Gasteiger partial charge on any atom is -0.390 e. The van der Waals surface area contributed by atoms with E-state index in [4.69, 9.17) is 11.6 Å². The van der Waals surface area contributed by atoms with Crippen LogP contribution in [0, 0.1) is 18.3 Å². The van der Waals surface area contributed by atoms with Crippen LogP contribution in [0.1, 0.15) is 30.3 Å². The molecule has 11 heteroatoms. The van der Waals surface area contributed by atoms with E-state index in [-0.39, 0.29) is 22.9 Å². The van der Waals surface area contributed by atoms with Gasteiger partial charge < -0.3 is 10.0 Å². The lowest BCUT2D eigenvalue weighted by atomic mass is 9.85. The van der Waals surface area contributed by atoms with Crippen LogP contribution in [0.3, 0.4) is 0 Å². The van der Waals surface area contributed by atoms with Gasteiger partial charge >= 0.3 is 0 Å². The van der Waals surface area contributed by atoms with Crippen LogP contribution >= 0.6 is 11.6 Å². The van der Waals surface area contributed by atoms with Gasteiger partial charge in [-0.05, 0) is 37.6 Å². The third-order valence-corrected chi connectivity index (χ3v) is 7.46. The number of benzene rings is 1. The molecule has 2 saturated heterocycles. The molecule has 0 saturated carbocycles. The molecule has 4 aromatic rings. The van der Waals surface area contributed by atoms with E-state index < -0.39 is 12.1 Å². The average Bonchev–Trinajstić information content (AvgIpc) is 3.17. The first-order valence-corrected chi connectivity index (χ1v) is 11.9.